The zero-order chi connectivity index (χ0) is 17.2. The maximum absolute atomic E-state index is 12.1. The lowest BCUT2D eigenvalue weighted by molar-refractivity contribution is -0.116. The fraction of sp³-hybridized carbons (Fsp3) is 0.176. The van der Waals surface area contributed by atoms with E-state index >= 15 is 0 Å². The van der Waals surface area contributed by atoms with Gasteiger partial charge < -0.3 is 14.2 Å². The van der Waals surface area contributed by atoms with Crippen molar-refractivity contribution in [2.24, 2.45) is 0 Å². The minimum absolute atomic E-state index is 0.133. The first kappa shape index (κ1) is 15.5. The number of nitrogens with zero attached hydrogens (tertiary/aromatic N) is 3. The average molecular weight is 354 g/mol. The van der Waals surface area contributed by atoms with Gasteiger partial charge in [-0.2, -0.15) is 11.3 Å². The molecule has 7 nitrogen and oxygen atoms in total. The average Bonchev–Trinajstić information content (AvgIpc) is 3.32. The SMILES string of the molecule is Cc1nc2ccc(NC(=O)CCc3nnc(-c4ccsc4)o3)cc2o1. The standard InChI is InChI=1S/C17H14N4O3S/c1-10-18-13-3-2-12(8-14(13)23-10)19-15(22)4-5-16-20-21-17(24-16)11-6-7-25-9-11/h2-3,6-9H,4-5H2,1H3,(H,19,22). The quantitative estimate of drug-likeness (QED) is 0.585. The highest BCUT2D eigenvalue weighted by atomic mass is 32.1. The zero-order valence-corrected chi connectivity index (χ0v) is 14.2. The fourth-order valence-corrected chi connectivity index (χ4v) is 3.05. The summed E-state index contributed by atoms with van der Waals surface area (Å²) >= 11 is 1.56. The first-order valence-corrected chi connectivity index (χ1v) is 8.64. The van der Waals surface area contributed by atoms with Gasteiger partial charge in [0, 0.05) is 42.5 Å². The molecule has 0 saturated heterocycles. The molecule has 1 amide bonds. The highest BCUT2D eigenvalue weighted by molar-refractivity contribution is 7.08. The van der Waals surface area contributed by atoms with Crippen LogP contribution < -0.4 is 5.32 Å². The van der Waals surface area contributed by atoms with Crippen LogP contribution in [-0.2, 0) is 11.2 Å². The van der Waals surface area contributed by atoms with E-state index in [1.807, 2.05) is 22.9 Å². The second kappa shape index (κ2) is 6.48. The van der Waals surface area contributed by atoms with E-state index in [0.717, 1.165) is 11.1 Å². The molecular formula is C17H14N4O3S. The van der Waals surface area contributed by atoms with Crippen LogP contribution in [0.1, 0.15) is 18.2 Å². The van der Waals surface area contributed by atoms with Gasteiger partial charge in [-0.05, 0) is 23.6 Å². The number of fused-ring (bicyclic) bond motifs is 1. The molecule has 0 aliphatic heterocycles. The predicted octanol–water partition coefficient (Wildman–Crippen LogP) is 3.82. The summed E-state index contributed by atoms with van der Waals surface area (Å²) in [4.78, 5) is 16.3. The minimum atomic E-state index is -0.133. The summed E-state index contributed by atoms with van der Waals surface area (Å²) in [6.45, 7) is 1.78. The third-order valence-corrected chi connectivity index (χ3v) is 4.26. The van der Waals surface area contributed by atoms with E-state index in [9.17, 15) is 4.79 Å². The van der Waals surface area contributed by atoms with Gasteiger partial charge in [0.2, 0.25) is 17.7 Å². The van der Waals surface area contributed by atoms with Crippen molar-refractivity contribution in [3.63, 3.8) is 0 Å². The molecular weight excluding hydrogens is 340 g/mol. The number of rotatable bonds is 5. The third kappa shape index (κ3) is 3.43. The Hall–Kier alpha value is -3.00. The topological polar surface area (TPSA) is 94.1 Å². The van der Waals surface area contributed by atoms with Gasteiger partial charge >= 0.3 is 0 Å². The van der Waals surface area contributed by atoms with E-state index in [0.29, 0.717) is 35.4 Å². The van der Waals surface area contributed by atoms with Crippen LogP contribution in [0.2, 0.25) is 0 Å². The molecule has 0 atom stereocenters. The summed E-state index contributed by atoms with van der Waals surface area (Å²) in [6, 6.07) is 7.28. The van der Waals surface area contributed by atoms with Crippen molar-refractivity contribution >= 4 is 34.0 Å². The Morgan fingerprint density at radius 3 is 3.00 bits per heavy atom. The molecule has 1 N–H and O–H groups in total. The maximum Gasteiger partial charge on any atom is 0.248 e. The van der Waals surface area contributed by atoms with Crippen LogP contribution >= 0.6 is 11.3 Å². The molecule has 0 spiro atoms. The van der Waals surface area contributed by atoms with Crippen molar-refractivity contribution in [1.82, 2.24) is 15.2 Å². The molecule has 4 aromatic rings. The Balaban J connectivity index is 1.37. The summed E-state index contributed by atoms with van der Waals surface area (Å²) in [6.07, 6.45) is 0.630. The molecule has 0 saturated carbocycles. The zero-order valence-electron chi connectivity index (χ0n) is 13.4. The predicted molar refractivity (Wildman–Crippen MR) is 93.3 cm³/mol. The summed E-state index contributed by atoms with van der Waals surface area (Å²) in [5, 5.41) is 14.7. The van der Waals surface area contributed by atoms with E-state index < -0.39 is 0 Å². The van der Waals surface area contributed by atoms with Gasteiger partial charge in [0.1, 0.15) is 5.52 Å². The molecule has 25 heavy (non-hydrogen) atoms. The highest BCUT2D eigenvalue weighted by Crippen LogP contribution is 2.22. The molecule has 3 heterocycles. The molecule has 8 heteroatoms. The van der Waals surface area contributed by atoms with E-state index in [1.165, 1.54) is 0 Å². The van der Waals surface area contributed by atoms with Gasteiger partial charge in [0.05, 0.1) is 0 Å². The van der Waals surface area contributed by atoms with Crippen molar-refractivity contribution < 1.29 is 13.6 Å². The Kier molecular flexibility index (Phi) is 4.02. The molecule has 1 aromatic carbocycles. The largest absolute Gasteiger partial charge is 0.441 e. The van der Waals surface area contributed by atoms with E-state index in [-0.39, 0.29) is 12.3 Å². The van der Waals surface area contributed by atoms with Crippen molar-refractivity contribution in [3.05, 3.63) is 46.8 Å². The van der Waals surface area contributed by atoms with Crippen molar-refractivity contribution in [2.45, 2.75) is 19.8 Å². The number of amides is 1. The number of hydrogen-bond acceptors (Lipinski definition) is 7. The Bertz CT molecular complexity index is 1020. The number of hydrogen-bond donors (Lipinski definition) is 1. The Labute approximate surface area is 146 Å². The summed E-state index contributed by atoms with van der Waals surface area (Å²) in [7, 11) is 0. The number of oxazole rings is 1. The molecule has 0 bridgehead atoms. The molecule has 0 unspecified atom stereocenters. The third-order valence-electron chi connectivity index (χ3n) is 3.58. The normalized spacial score (nSPS) is 11.1. The number of anilines is 1. The van der Waals surface area contributed by atoms with Crippen LogP contribution in [-0.4, -0.2) is 21.1 Å². The lowest BCUT2D eigenvalue weighted by atomic mass is 10.2. The van der Waals surface area contributed by atoms with E-state index in [2.05, 4.69) is 20.5 Å². The number of carbonyl (C=O) groups is 1. The van der Waals surface area contributed by atoms with Crippen LogP contribution in [0.5, 0.6) is 0 Å². The molecule has 4 rings (SSSR count). The minimum Gasteiger partial charge on any atom is -0.441 e. The van der Waals surface area contributed by atoms with Crippen molar-refractivity contribution in [1.29, 1.82) is 0 Å². The van der Waals surface area contributed by atoms with E-state index in [4.69, 9.17) is 8.83 Å². The van der Waals surface area contributed by atoms with Gasteiger partial charge in [-0.1, -0.05) is 0 Å². The van der Waals surface area contributed by atoms with Crippen LogP contribution in [0.25, 0.3) is 22.6 Å². The number of benzene rings is 1. The number of thiophene rings is 1. The lowest BCUT2D eigenvalue weighted by Gasteiger charge is -2.03. The molecule has 0 radical (unpaired) electrons. The molecule has 0 fully saturated rings. The summed E-state index contributed by atoms with van der Waals surface area (Å²) in [5.74, 6) is 1.38. The van der Waals surface area contributed by atoms with Gasteiger partial charge in [-0.3, -0.25) is 4.79 Å². The summed E-state index contributed by atoms with van der Waals surface area (Å²) < 4.78 is 11.0. The van der Waals surface area contributed by atoms with Crippen LogP contribution in [0, 0.1) is 6.92 Å². The van der Waals surface area contributed by atoms with Gasteiger partial charge in [0.25, 0.3) is 0 Å². The number of aryl methyl sites for hydroxylation is 2. The molecule has 0 aliphatic rings. The fourth-order valence-electron chi connectivity index (χ4n) is 2.42. The molecule has 126 valence electrons. The second-order valence-electron chi connectivity index (χ2n) is 5.48. The first-order chi connectivity index (χ1) is 12.2. The van der Waals surface area contributed by atoms with Gasteiger partial charge in [0.15, 0.2) is 11.5 Å². The number of aromatic nitrogens is 3. The Morgan fingerprint density at radius 1 is 1.24 bits per heavy atom. The second-order valence-corrected chi connectivity index (χ2v) is 6.26. The van der Waals surface area contributed by atoms with Gasteiger partial charge in [-0.15, -0.1) is 10.2 Å². The van der Waals surface area contributed by atoms with Gasteiger partial charge in [-0.25, -0.2) is 4.98 Å². The van der Waals surface area contributed by atoms with Crippen LogP contribution in [0.3, 0.4) is 0 Å². The smallest absolute Gasteiger partial charge is 0.248 e. The van der Waals surface area contributed by atoms with Crippen molar-refractivity contribution in [3.8, 4) is 11.5 Å². The van der Waals surface area contributed by atoms with Crippen LogP contribution in [0.4, 0.5) is 5.69 Å². The Morgan fingerprint density at radius 2 is 2.16 bits per heavy atom. The highest BCUT2D eigenvalue weighted by Gasteiger charge is 2.11. The molecule has 0 aliphatic carbocycles. The number of carbonyl (C=O) groups excluding carboxylic acids is 1. The van der Waals surface area contributed by atoms with Crippen molar-refractivity contribution in [2.75, 3.05) is 5.32 Å². The lowest BCUT2D eigenvalue weighted by Crippen LogP contribution is -2.12. The maximum atomic E-state index is 12.1. The molecule has 3 aromatic heterocycles. The first-order valence-electron chi connectivity index (χ1n) is 7.69. The number of nitrogens with one attached hydrogen (secondary N) is 1. The summed E-state index contributed by atoms with van der Waals surface area (Å²) in [5.41, 5.74) is 2.97. The monoisotopic (exact) mass is 354 g/mol. The van der Waals surface area contributed by atoms with E-state index in [1.54, 1.807) is 30.4 Å². The van der Waals surface area contributed by atoms with Crippen LogP contribution in [0.15, 0.2) is 43.9 Å².